The molecule has 1 aliphatic rings. The summed E-state index contributed by atoms with van der Waals surface area (Å²) in [7, 11) is 0. The molecule has 1 aliphatic heterocycles. The second-order valence-corrected chi connectivity index (χ2v) is 3.60. The molecule has 1 aromatic rings. The van der Waals surface area contributed by atoms with Crippen molar-refractivity contribution in [3.05, 3.63) is 28.5 Å². The number of hydrogen-bond acceptors (Lipinski definition) is 4. The lowest BCUT2D eigenvalue weighted by atomic mass is 10.2. The number of aromatic nitrogens is 1. The number of amidine groups is 1. The Hall–Kier alpha value is -1.43. The van der Waals surface area contributed by atoms with Gasteiger partial charge < -0.3 is 10.5 Å². The minimum absolute atomic E-state index is 0.107. The van der Waals surface area contributed by atoms with Gasteiger partial charge in [0.05, 0.1) is 5.69 Å². The normalized spacial score (nSPS) is 20.5. The largest absolute Gasteiger partial charge is 0.445 e. The van der Waals surface area contributed by atoms with Crippen molar-refractivity contribution in [2.75, 3.05) is 0 Å². The van der Waals surface area contributed by atoms with Gasteiger partial charge in [-0.1, -0.05) is 0 Å². The van der Waals surface area contributed by atoms with Gasteiger partial charge in [0.15, 0.2) is 0 Å². The van der Waals surface area contributed by atoms with Crippen LogP contribution in [0.3, 0.4) is 0 Å². The maximum absolute atomic E-state index is 11.2. The Morgan fingerprint density at radius 3 is 2.79 bits per heavy atom. The average Bonchev–Trinajstić information content (AvgIpc) is 2.47. The third-order valence-electron chi connectivity index (χ3n) is 1.70. The predicted octanol–water partition coefficient (Wildman–Crippen LogP) is 0.757. The Bertz CT molecular complexity index is 402. The number of nitrogens with two attached hydrogens (primary N) is 1. The van der Waals surface area contributed by atoms with E-state index in [4.69, 9.17) is 10.5 Å². The summed E-state index contributed by atoms with van der Waals surface area (Å²) < 4.78 is 5.83. The van der Waals surface area contributed by atoms with E-state index in [1.807, 2.05) is 0 Å². The van der Waals surface area contributed by atoms with E-state index in [9.17, 15) is 4.79 Å². The fourth-order valence-corrected chi connectivity index (χ4v) is 1.33. The summed E-state index contributed by atoms with van der Waals surface area (Å²) >= 11 is 3.24. The minimum Gasteiger partial charge on any atom is -0.445 e. The lowest BCUT2D eigenvalue weighted by Gasteiger charge is -2.06. The van der Waals surface area contributed by atoms with Crippen LogP contribution in [0, 0.1) is 0 Å². The van der Waals surface area contributed by atoms with Crippen molar-refractivity contribution in [3.63, 3.8) is 0 Å². The summed E-state index contributed by atoms with van der Waals surface area (Å²) in [6.07, 6.45) is 0.795. The first-order chi connectivity index (χ1) is 6.66. The Morgan fingerprint density at radius 2 is 2.29 bits per heavy atom. The van der Waals surface area contributed by atoms with Gasteiger partial charge in [0.2, 0.25) is 6.10 Å². The van der Waals surface area contributed by atoms with E-state index in [1.165, 1.54) is 0 Å². The molecule has 0 aromatic carbocycles. The van der Waals surface area contributed by atoms with Gasteiger partial charge in [0.25, 0.3) is 11.9 Å². The molecule has 1 atom stereocenters. The molecule has 0 saturated carbocycles. The molecule has 5 nitrogen and oxygen atoms in total. The smallest absolute Gasteiger partial charge is 0.297 e. The van der Waals surface area contributed by atoms with Crippen molar-refractivity contribution in [1.29, 1.82) is 0 Å². The van der Waals surface area contributed by atoms with Gasteiger partial charge in [-0.2, -0.15) is 4.99 Å². The van der Waals surface area contributed by atoms with Crippen LogP contribution in [0.2, 0.25) is 0 Å². The molecule has 0 radical (unpaired) electrons. The van der Waals surface area contributed by atoms with Crippen LogP contribution in [0.15, 0.2) is 27.8 Å². The Balaban J connectivity index is 2.26. The second-order valence-electron chi connectivity index (χ2n) is 2.69. The third kappa shape index (κ3) is 1.60. The molecule has 2 N–H and O–H groups in total. The van der Waals surface area contributed by atoms with Crippen LogP contribution < -0.4 is 5.73 Å². The van der Waals surface area contributed by atoms with Crippen molar-refractivity contribution in [2.24, 2.45) is 10.7 Å². The van der Waals surface area contributed by atoms with Crippen molar-refractivity contribution in [3.8, 4) is 0 Å². The zero-order valence-electron chi connectivity index (χ0n) is 6.98. The van der Waals surface area contributed by atoms with Crippen LogP contribution in [0.5, 0.6) is 0 Å². The lowest BCUT2D eigenvalue weighted by Crippen LogP contribution is -2.14. The standard InChI is InChI=1S/C8H6BrN3O2/c9-4-1-2-5(11-3-4)6-7(13)12-8(10)14-6/h1-3,6H,(H2,10,12,13). The molecule has 0 bridgehead atoms. The molecule has 2 heterocycles. The first-order valence-electron chi connectivity index (χ1n) is 3.83. The molecular formula is C8H6BrN3O2. The van der Waals surface area contributed by atoms with Gasteiger partial charge in [0.1, 0.15) is 0 Å². The van der Waals surface area contributed by atoms with Crippen molar-refractivity contribution < 1.29 is 9.53 Å². The number of ether oxygens (including phenoxy) is 1. The zero-order chi connectivity index (χ0) is 10.1. The second kappa shape index (κ2) is 3.38. The molecule has 1 aromatic heterocycles. The van der Waals surface area contributed by atoms with Crippen LogP contribution in [0.1, 0.15) is 11.8 Å². The number of carbonyl (C=O) groups is 1. The van der Waals surface area contributed by atoms with Gasteiger partial charge in [-0.05, 0) is 28.1 Å². The highest BCUT2D eigenvalue weighted by Crippen LogP contribution is 2.22. The molecule has 0 aliphatic carbocycles. The van der Waals surface area contributed by atoms with Gasteiger partial charge >= 0.3 is 0 Å². The number of pyridine rings is 1. The molecule has 0 saturated heterocycles. The van der Waals surface area contributed by atoms with Crippen molar-refractivity contribution in [2.45, 2.75) is 6.10 Å². The maximum Gasteiger partial charge on any atom is 0.297 e. The van der Waals surface area contributed by atoms with E-state index < -0.39 is 12.0 Å². The SMILES string of the molecule is NC1=NC(=O)C(c2ccc(Br)cn2)O1. The van der Waals surface area contributed by atoms with E-state index in [1.54, 1.807) is 18.3 Å². The molecule has 0 spiro atoms. The number of nitrogens with zero attached hydrogens (tertiary/aromatic N) is 2. The van der Waals surface area contributed by atoms with Crippen molar-refractivity contribution >= 4 is 27.9 Å². The Kier molecular flexibility index (Phi) is 2.20. The summed E-state index contributed by atoms with van der Waals surface area (Å²) in [6, 6.07) is 3.35. The first-order valence-corrected chi connectivity index (χ1v) is 4.62. The van der Waals surface area contributed by atoms with E-state index in [-0.39, 0.29) is 6.02 Å². The summed E-state index contributed by atoms with van der Waals surface area (Å²) in [5, 5.41) is 0. The van der Waals surface area contributed by atoms with Crippen LogP contribution in [0.25, 0.3) is 0 Å². The van der Waals surface area contributed by atoms with Crippen LogP contribution in [0.4, 0.5) is 0 Å². The molecule has 1 amide bonds. The maximum atomic E-state index is 11.2. The molecule has 72 valence electrons. The number of aliphatic imine (C=N–C) groups is 1. The number of rotatable bonds is 1. The van der Waals surface area contributed by atoms with Gasteiger partial charge in [-0.3, -0.25) is 9.78 Å². The van der Waals surface area contributed by atoms with E-state index in [0.717, 1.165) is 4.47 Å². The molecule has 1 unspecified atom stereocenters. The van der Waals surface area contributed by atoms with E-state index in [2.05, 4.69) is 25.9 Å². The minimum atomic E-state index is -0.789. The molecule has 14 heavy (non-hydrogen) atoms. The summed E-state index contributed by atoms with van der Waals surface area (Å²) in [5.74, 6) is -0.419. The first kappa shape index (κ1) is 9.14. The highest BCUT2D eigenvalue weighted by atomic mass is 79.9. The van der Waals surface area contributed by atoms with E-state index >= 15 is 0 Å². The predicted molar refractivity (Wildman–Crippen MR) is 52.4 cm³/mol. The van der Waals surface area contributed by atoms with Crippen LogP contribution in [-0.2, 0) is 9.53 Å². The summed E-state index contributed by atoms with van der Waals surface area (Å²) in [5.41, 5.74) is 5.75. The summed E-state index contributed by atoms with van der Waals surface area (Å²) in [6.45, 7) is 0. The number of amides is 1. The van der Waals surface area contributed by atoms with E-state index in [0.29, 0.717) is 5.69 Å². The highest BCUT2D eigenvalue weighted by Gasteiger charge is 2.30. The fourth-order valence-electron chi connectivity index (χ4n) is 1.09. The number of carbonyl (C=O) groups excluding carboxylic acids is 1. The van der Waals surface area contributed by atoms with Gasteiger partial charge in [0, 0.05) is 10.7 Å². The summed E-state index contributed by atoms with van der Waals surface area (Å²) in [4.78, 5) is 18.7. The number of hydrogen-bond donors (Lipinski definition) is 1. The number of halogens is 1. The molecule has 2 rings (SSSR count). The molecular weight excluding hydrogens is 250 g/mol. The van der Waals surface area contributed by atoms with Gasteiger partial charge in [-0.25, -0.2) is 0 Å². The Morgan fingerprint density at radius 1 is 1.50 bits per heavy atom. The third-order valence-corrected chi connectivity index (χ3v) is 2.17. The fraction of sp³-hybridized carbons (Fsp3) is 0.125. The zero-order valence-corrected chi connectivity index (χ0v) is 8.56. The van der Waals surface area contributed by atoms with Crippen molar-refractivity contribution in [1.82, 2.24) is 4.98 Å². The van der Waals surface area contributed by atoms with Crippen LogP contribution in [-0.4, -0.2) is 16.9 Å². The topological polar surface area (TPSA) is 77.6 Å². The average molecular weight is 256 g/mol. The lowest BCUT2D eigenvalue weighted by molar-refractivity contribution is -0.123. The highest BCUT2D eigenvalue weighted by molar-refractivity contribution is 9.10. The monoisotopic (exact) mass is 255 g/mol. The molecule has 0 fully saturated rings. The quantitative estimate of drug-likeness (QED) is 0.804. The Labute approximate surface area is 88.1 Å². The van der Waals surface area contributed by atoms with Crippen LogP contribution >= 0.6 is 15.9 Å². The molecule has 6 heteroatoms. The van der Waals surface area contributed by atoms with Gasteiger partial charge in [-0.15, -0.1) is 0 Å².